The molecule has 1 heterocycles. The van der Waals surface area contributed by atoms with Gasteiger partial charge in [-0.05, 0) is 79.1 Å². The smallest absolute Gasteiger partial charge is 0.491 e. The first-order valence-corrected chi connectivity index (χ1v) is 17.3. The summed E-state index contributed by atoms with van der Waals surface area (Å²) in [5, 5.41) is 6.46. The second-order valence-corrected chi connectivity index (χ2v) is 14.1. The number of nitrogen functional groups attached to an aromatic ring is 1. The van der Waals surface area contributed by atoms with Gasteiger partial charge in [0.25, 0.3) is 11.6 Å². The zero-order chi connectivity index (χ0) is 36.1. The minimum Gasteiger partial charge on any atom is -0.494 e. The van der Waals surface area contributed by atoms with Crippen LogP contribution in [-0.2, 0) is 36.3 Å². The second kappa shape index (κ2) is 14.7. The topological polar surface area (TPSA) is 150 Å². The van der Waals surface area contributed by atoms with Crippen molar-refractivity contribution < 1.29 is 40.7 Å². The van der Waals surface area contributed by atoms with E-state index in [4.69, 9.17) is 15.2 Å². The highest BCUT2D eigenvalue weighted by atomic mass is 32.2. The van der Waals surface area contributed by atoms with Crippen LogP contribution in [0.1, 0.15) is 57.4 Å². The summed E-state index contributed by atoms with van der Waals surface area (Å²) in [4.78, 5) is 31.2. The number of esters is 1. The van der Waals surface area contributed by atoms with Crippen molar-refractivity contribution in [3.05, 3.63) is 89.6 Å². The molecule has 10 nitrogen and oxygen atoms in total. The minimum atomic E-state index is -5.50. The Morgan fingerprint density at radius 1 is 0.980 bits per heavy atom. The van der Waals surface area contributed by atoms with Gasteiger partial charge in [-0.15, -0.1) is 0 Å². The first-order chi connectivity index (χ1) is 23.0. The highest BCUT2D eigenvalue weighted by Crippen LogP contribution is 2.37. The fraction of sp³-hybridized carbons (Fsp3) is 0.343. The Hall–Kier alpha value is -4.85. The number of fused-ring (bicyclic) bond motifs is 1. The molecule has 14 heteroatoms. The zero-order valence-electron chi connectivity index (χ0n) is 27.7. The third-order valence-corrected chi connectivity index (χ3v) is 9.56. The molecule has 4 aromatic rings. The summed E-state index contributed by atoms with van der Waals surface area (Å²) >= 11 is 0. The lowest BCUT2D eigenvalue weighted by Crippen LogP contribution is -2.55. The lowest BCUT2D eigenvalue weighted by Gasteiger charge is -2.36. The van der Waals surface area contributed by atoms with Crippen molar-refractivity contribution in [3.8, 4) is 5.75 Å². The predicted molar refractivity (Wildman–Crippen MR) is 180 cm³/mol. The van der Waals surface area contributed by atoms with Crippen molar-refractivity contribution in [3.63, 3.8) is 0 Å². The number of anilines is 2. The normalized spacial score (nSPS) is 13.8. The molecule has 49 heavy (non-hydrogen) atoms. The van der Waals surface area contributed by atoms with E-state index in [9.17, 15) is 31.2 Å². The molecule has 0 radical (unpaired) electrons. The number of rotatable bonds is 13. The highest BCUT2D eigenvalue weighted by Gasteiger charge is 2.52. The third-order valence-electron chi connectivity index (χ3n) is 7.76. The molecule has 1 unspecified atom stereocenters. The number of benzene rings is 3. The summed E-state index contributed by atoms with van der Waals surface area (Å²) in [6.45, 7) is 8.83. The number of hydrogen-bond acceptors (Lipinski definition) is 9. The van der Waals surface area contributed by atoms with E-state index >= 15 is 0 Å². The van der Waals surface area contributed by atoms with Crippen molar-refractivity contribution in [2.24, 2.45) is 5.92 Å². The molecule has 4 N–H and O–H groups in total. The molecule has 0 bridgehead atoms. The number of nitrogens with two attached hydrogens (primary N) is 1. The number of carbonyl (C=O) groups excluding carboxylic acids is 2. The molecule has 0 aliphatic heterocycles. The molecule has 262 valence electrons. The number of aromatic nitrogens is 1. The van der Waals surface area contributed by atoms with Crippen LogP contribution in [0.25, 0.3) is 10.8 Å². The molecule has 3 aromatic carbocycles. The van der Waals surface area contributed by atoms with Crippen LogP contribution in [0, 0.1) is 5.92 Å². The van der Waals surface area contributed by atoms with E-state index in [1.807, 2.05) is 13.8 Å². The quantitative estimate of drug-likeness (QED) is 0.106. The van der Waals surface area contributed by atoms with E-state index in [0.29, 0.717) is 17.2 Å². The number of alkyl halides is 3. The van der Waals surface area contributed by atoms with Gasteiger partial charge in [-0.2, -0.15) is 13.2 Å². The lowest BCUT2D eigenvalue weighted by atomic mass is 9.94. The Morgan fingerprint density at radius 3 is 2.35 bits per heavy atom. The number of sulfone groups is 1. The number of amides is 1. The first-order valence-electron chi connectivity index (χ1n) is 15.6. The second-order valence-electron chi connectivity index (χ2n) is 11.8. The van der Waals surface area contributed by atoms with Crippen molar-refractivity contribution in [1.29, 1.82) is 0 Å². The van der Waals surface area contributed by atoms with E-state index in [0.717, 1.165) is 5.56 Å². The van der Waals surface area contributed by atoms with E-state index in [1.54, 1.807) is 31.2 Å². The van der Waals surface area contributed by atoms with Crippen LogP contribution in [0.2, 0.25) is 0 Å². The highest BCUT2D eigenvalue weighted by molar-refractivity contribution is 7.91. The van der Waals surface area contributed by atoms with Crippen molar-refractivity contribution in [2.45, 2.75) is 63.9 Å². The average Bonchev–Trinajstić information content (AvgIpc) is 3.04. The largest absolute Gasteiger partial charge is 0.494 e. The summed E-state index contributed by atoms with van der Waals surface area (Å²) in [5.41, 5.74) is 3.95. The summed E-state index contributed by atoms with van der Waals surface area (Å²) in [7, 11) is -3.77. The number of nitrogens with zero attached hydrogens (tertiary/aromatic N) is 1. The molecule has 1 aromatic heterocycles. The molecule has 0 fully saturated rings. The molecular weight excluding hydrogens is 661 g/mol. The van der Waals surface area contributed by atoms with Gasteiger partial charge in [0.15, 0.2) is 9.84 Å². The fourth-order valence-corrected chi connectivity index (χ4v) is 6.60. The Kier molecular flexibility index (Phi) is 11.1. The number of carbonyl (C=O) groups is 2. The van der Waals surface area contributed by atoms with Crippen LogP contribution < -0.4 is 21.1 Å². The first kappa shape index (κ1) is 37.0. The summed E-state index contributed by atoms with van der Waals surface area (Å²) in [5.74, 6) is -3.43. The Labute approximate surface area is 283 Å². The van der Waals surface area contributed by atoms with E-state index in [1.165, 1.54) is 62.5 Å². The molecule has 0 saturated carbocycles. The predicted octanol–water partition coefficient (Wildman–Crippen LogP) is 6.46. The SMILES string of the molecule is CCOc1cc(C(Nc2ccc3c(N)nccc3c2)(OC(=O)C(F)(F)F)C(=O)N[C@H](C)c2ccccc2S(=O)(=O)CC)ccc1CC(C)C. The monoisotopic (exact) mass is 700 g/mol. The van der Waals surface area contributed by atoms with Crippen LogP contribution in [-0.4, -0.2) is 43.8 Å². The van der Waals surface area contributed by atoms with Crippen LogP contribution in [0.15, 0.2) is 77.8 Å². The van der Waals surface area contributed by atoms with Crippen molar-refractivity contribution in [2.75, 3.05) is 23.4 Å². The maximum absolute atomic E-state index is 14.6. The van der Waals surface area contributed by atoms with Gasteiger partial charge < -0.3 is 25.8 Å². The molecule has 0 saturated heterocycles. The number of nitrogens with one attached hydrogen (secondary N) is 2. The number of pyridine rings is 1. The fourth-order valence-electron chi connectivity index (χ4n) is 5.39. The van der Waals surface area contributed by atoms with Gasteiger partial charge in [0, 0.05) is 22.8 Å². The molecular formula is C35H39F3N4O6S. The summed E-state index contributed by atoms with van der Waals surface area (Å²) in [6.07, 6.45) is -3.51. The molecule has 4 rings (SSSR count). The Bertz CT molecular complexity index is 1950. The molecule has 2 atom stereocenters. The number of hydrogen-bond donors (Lipinski definition) is 3. The number of ether oxygens (including phenoxy) is 2. The van der Waals surface area contributed by atoms with Crippen LogP contribution >= 0.6 is 0 Å². The average molecular weight is 701 g/mol. The van der Waals surface area contributed by atoms with Gasteiger partial charge in [-0.3, -0.25) is 4.79 Å². The van der Waals surface area contributed by atoms with E-state index in [-0.39, 0.29) is 51.6 Å². The summed E-state index contributed by atoms with van der Waals surface area (Å²) in [6, 6.07) is 15.4. The molecule has 0 aliphatic carbocycles. The summed E-state index contributed by atoms with van der Waals surface area (Å²) < 4.78 is 78.8. The van der Waals surface area contributed by atoms with Gasteiger partial charge in [0.05, 0.1) is 23.3 Å². The van der Waals surface area contributed by atoms with Gasteiger partial charge in [0.1, 0.15) is 11.6 Å². The Balaban J connectivity index is 1.96. The Morgan fingerprint density at radius 2 is 1.69 bits per heavy atom. The third kappa shape index (κ3) is 8.24. The lowest BCUT2D eigenvalue weighted by molar-refractivity contribution is -0.213. The van der Waals surface area contributed by atoms with Crippen molar-refractivity contribution in [1.82, 2.24) is 10.3 Å². The maximum atomic E-state index is 14.6. The van der Waals surface area contributed by atoms with Crippen molar-refractivity contribution >= 4 is 44.0 Å². The van der Waals surface area contributed by atoms with Crippen LogP contribution in [0.5, 0.6) is 5.75 Å². The van der Waals surface area contributed by atoms with Crippen LogP contribution in [0.4, 0.5) is 24.7 Å². The number of halogens is 3. The van der Waals surface area contributed by atoms with Gasteiger partial charge in [-0.25, -0.2) is 18.2 Å². The van der Waals surface area contributed by atoms with E-state index in [2.05, 4.69) is 15.6 Å². The zero-order valence-corrected chi connectivity index (χ0v) is 28.5. The van der Waals surface area contributed by atoms with E-state index < -0.39 is 39.7 Å². The molecule has 0 aliphatic rings. The van der Waals surface area contributed by atoms with Gasteiger partial charge >= 0.3 is 12.1 Å². The van der Waals surface area contributed by atoms with Gasteiger partial charge in [-0.1, -0.05) is 51.1 Å². The standard InChI is InChI=1S/C35H39F3N4O6S/c1-6-47-29-20-25(13-12-24(29)18-21(3)4)34(48-33(44)35(36,37)38,42-26-14-15-28-23(19-26)16-17-40-31(28)39)32(43)41-22(5)27-10-8-9-11-30(27)49(45,46)7-2/h8-17,19-22,42H,6-7,18H2,1-5H3,(H2,39,40)(H,41,43)/t22-,34?/m1/s1. The van der Waals surface area contributed by atoms with Crippen LogP contribution in [0.3, 0.4) is 0 Å². The molecule has 1 amide bonds. The minimum absolute atomic E-state index is 0.0615. The van der Waals surface area contributed by atoms with Gasteiger partial charge in [0.2, 0.25) is 0 Å². The maximum Gasteiger partial charge on any atom is 0.491 e. The molecule has 0 spiro atoms.